The Hall–Kier alpha value is -3.46. The molecule has 1 heterocycles. The predicted molar refractivity (Wildman–Crippen MR) is 102 cm³/mol. The average Bonchev–Trinajstić information content (AvgIpc) is 3.10. The van der Waals surface area contributed by atoms with E-state index in [9.17, 15) is 5.26 Å². The molecule has 0 spiro atoms. The molecule has 0 aliphatic carbocycles. The summed E-state index contributed by atoms with van der Waals surface area (Å²) in [7, 11) is 1.64. The van der Waals surface area contributed by atoms with Crippen LogP contribution in [0.25, 0.3) is 0 Å². The standard InChI is InChI=1S/C21H21N3O3/c1-15-5-3-4-6-19(15)26-14-20-24-18(13-22)21(27-20)23-12-11-16-7-9-17(25-2)10-8-16/h3-10,23H,11-12,14H2,1-2H3. The smallest absolute Gasteiger partial charge is 0.236 e. The maximum Gasteiger partial charge on any atom is 0.236 e. The molecule has 0 amide bonds. The summed E-state index contributed by atoms with van der Waals surface area (Å²) in [6, 6.07) is 17.6. The number of benzene rings is 2. The number of ether oxygens (including phenoxy) is 2. The Labute approximate surface area is 158 Å². The van der Waals surface area contributed by atoms with Gasteiger partial charge < -0.3 is 19.2 Å². The first-order valence-electron chi connectivity index (χ1n) is 8.64. The summed E-state index contributed by atoms with van der Waals surface area (Å²) < 4.78 is 16.5. The molecule has 0 unspecified atom stereocenters. The Balaban J connectivity index is 1.57. The monoisotopic (exact) mass is 363 g/mol. The zero-order valence-electron chi connectivity index (χ0n) is 15.4. The number of methoxy groups -OCH3 is 1. The molecule has 2 aromatic carbocycles. The van der Waals surface area contributed by atoms with Crippen LogP contribution in [-0.2, 0) is 13.0 Å². The van der Waals surface area contributed by atoms with Gasteiger partial charge in [-0.25, -0.2) is 0 Å². The van der Waals surface area contributed by atoms with E-state index in [2.05, 4.69) is 10.3 Å². The molecule has 138 valence electrons. The number of oxazole rings is 1. The molecule has 0 saturated heterocycles. The van der Waals surface area contributed by atoms with Crippen LogP contribution in [-0.4, -0.2) is 18.6 Å². The van der Waals surface area contributed by atoms with E-state index in [-0.39, 0.29) is 12.3 Å². The maximum atomic E-state index is 9.27. The number of aryl methyl sites for hydroxylation is 1. The summed E-state index contributed by atoms with van der Waals surface area (Å²) in [6.07, 6.45) is 0.782. The van der Waals surface area contributed by atoms with Crippen molar-refractivity contribution in [2.75, 3.05) is 19.0 Å². The van der Waals surface area contributed by atoms with E-state index in [1.165, 1.54) is 0 Å². The number of nitrogens with one attached hydrogen (secondary N) is 1. The van der Waals surface area contributed by atoms with E-state index < -0.39 is 0 Å². The molecule has 0 aliphatic heterocycles. The van der Waals surface area contributed by atoms with Crippen molar-refractivity contribution in [3.8, 4) is 17.6 Å². The van der Waals surface area contributed by atoms with Crippen molar-refractivity contribution in [1.29, 1.82) is 5.26 Å². The maximum absolute atomic E-state index is 9.27. The lowest BCUT2D eigenvalue weighted by molar-refractivity contribution is 0.263. The van der Waals surface area contributed by atoms with Crippen LogP contribution in [0.4, 0.5) is 5.88 Å². The molecule has 27 heavy (non-hydrogen) atoms. The second-order valence-corrected chi connectivity index (χ2v) is 5.98. The number of anilines is 1. The Morgan fingerprint density at radius 3 is 2.63 bits per heavy atom. The van der Waals surface area contributed by atoms with Crippen molar-refractivity contribution in [1.82, 2.24) is 4.98 Å². The normalized spacial score (nSPS) is 10.3. The van der Waals surface area contributed by atoms with Gasteiger partial charge >= 0.3 is 0 Å². The third kappa shape index (κ3) is 4.79. The van der Waals surface area contributed by atoms with E-state index in [0.717, 1.165) is 29.0 Å². The third-order valence-electron chi connectivity index (χ3n) is 4.08. The summed E-state index contributed by atoms with van der Waals surface area (Å²) in [6.45, 7) is 2.76. The van der Waals surface area contributed by atoms with Crippen molar-refractivity contribution in [2.45, 2.75) is 20.0 Å². The quantitative estimate of drug-likeness (QED) is 0.649. The zero-order valence-corrected chi connectivity index (χ0v) is 15.4. The first kappa shape index (κ1) is 18.3. The van der Waals surface area contributed by atoms with Gasteiger partial charge in [0, 0.05) is 6.54 Å². The third-order valence-corrected chi connectivity index (χ3v) is 4.08. The number of nitriles is 1. The van der Waals surface area contributed by atoms with E-state index in [1.54, 1.807) is 7.11 Å². The van der Waals surface area contributed by atoms with Gasteiger partial charge in [-0.2, -0.15) is 10.2 Å². The second-order valence-electron chi connectivity index (χ2n) is 5.98. The molecular formula is C21H21N3O3. The average molecular weight is 363 g/mol. The Kier molecular flexibility index (Phi) is 5.95. The lowest BCUT2D eigenvalue weighted by Crippen LogP contribution is -2.05. The summed E-state index contributed by atoms with van der Waals surface area (Å²) in [5, 5.41) is 12.4. The first-order chi connectivity index (χ1) is 13.2. The van der Waals surface area contributed by atoms with Crippen LogP contribution in [0.5, 0.6) is 11.5 Å². The first-order valence-corrected chi connectivity index (χ1v) is 8.64. The number of hydrogen-bond donors (Lipinski definition) is 1. The van der Waals surface area contributed by atoms with Crippen LogP contribution in [0.15, 0.2) is 52.9 Å². The van der Waals surface area contributed by atoms with Gasteiger partial charge in [-0.1, -0.05) is 30.3 Å². The summed E-state index contributed by atoms with van der Waals surface area (Å²) in [4.78, 5) is 4.19. The number of para-hydroxylation sites is 1. The Morgan fingerprint density at radius 1 is 1.15 bits per heavy atom. The van der Waals surface area contributed by atoms with E-state index >= 15 is 0 Å². The molecule has 1 N–H and O–H groups in total. The summed E-state index contributed by atoms with van der Waals surface area (Å²) in [5.74, 6) is 2.33. The number of hydrogen-bond acceptors (Lipinski definition) is 6. The lowest BCUT2D eigenvalue weighted by atomic mass is 10.1. The highest BCUT2D eigenvalue weighted by atomic mass is 16.5. The number of aromatic nitrogens is 1. The molecule has 0 fully saturated rings. The second kappa shape index (κ2) is 8.77. The van der Waals surface area contributed by atoms with Crippen LogP contribution in [0.3, 0.4) is 0 Å². The minimum absolute atomic E-state index is 0.166. The lowest BCUT2D eigenvalue weighted by Gasteiger charge is -2.06. The number of nitrogens with zero attached hydrogens (tertiary/aromatic N) is 2. The van der Waals surface area contributed by atoms with E-state index in [1.807, 2.05) is 61.5 Å². The summed E-state index contributed by atoms with van der Waals surface area (Å²) >= 11 is 0. The van der Waals surface area contributed by atoms with Gasteiger partial charge in [0.2, 0.25) is 17.5 Å². The van der Waals surface area contributed by atoms with Crippen LogP contribution >= 0.6 is 0 Å². The topological polar surface area (TPSA) is 80.3 Å². The minimum atomic E-state index is 0.166. The van der Waals surface area contributed by atoms with Crippen LogP contribution in [0.2, 0.25) is 0 Å². The SMILES string of the molecule is COc1ccc(CCNc2oc(COc3ccccc3C)nc2C#N)cc1. The molecule has 6 nitrogen and oxygen atoms in total. The van der Waals surface area contributed by atoms with Gasteiger partial charge in [0.05, 0.1) is 7.11 Å². The molecule has 3 aromatic rings. The Morgan fingerprint density at radius 2 is 1.93 bits per heavy atom. The number of rotatable bonds is 8. The fourth-order valence-electron chi connectivity index (χ4n) is 2.59. The highest BCUT2D eigenvalue weighted by Gasteiger charge is 2.13. The Bertz CT molecular complexity index is 927. The van der Waals surface area contributed by atoms with Gasteiger partial charge in [0.25, 0.3) is 0 Å². The molecule has 3 rings (SSSR count). The molecule has 0 atom stereocenters. The van der Waals surface area contributed by atoms with Gasteiger partial charge in [-0.05, 0) is 42.7 Å². The van der Waals surface area contributed by atoms with Crippen molar-refractivity contribution in [3.63, 3.8) is 0 Å². The molecule has 6 heteroatoms. The highest BCUT2D eigenvalue weighted by molar-refractivity contribution is 5.45. The molecule has 0 saturated carbocycles. The van der Waals surface area contributed by atoms with Gasteiger partial charge in [-0.15, -0.1) is 0 Å². The molecule has 0 bridgehead atoms. The molecule has 0 radical (unpaired) electrons. The van der Waals surface area contributed by atoms with Crippen LogP contribution in [0, 0.1) is 18.3 Å². The fourth-order valence-corrected chi connectivity index (χ4v) is 2.59. The minimum Gasteiger partial charge on any atom is -0.497 e. The van der Waals surface area contributed by atoms with Crippen molar-refractivity contribution in [3.05, 3.63) is 71.2 Å². The van der Waals surface area contributed by atoms with Crippen molar-refractivity contribution >= 4 is 5.88 Å². The summed E-state index contributed by atoms with van der Waals surface area (Å²) in [5.41, 5.74) is 2.42. The predicted octanol–water partition coefficient (Wildman–Crippen LogP) is 4.10. The highest BCUT2D eigenvalue weighted by Crippen LogP contribution is 2.21. The molecular weight excluding hydrogens is 342 g/mol. The van der Waals surface area contributed by atoms with Crippen LogP contribution in [0.1, 0.15) is 22.7 Å². The fraction of sp³-hybridized carbons (Fsp3) is 0.238. The zero-order chi connectivity index (χ0) is 19.1. The van der Waals surface area contributed by atoms with Crippen LogP contribution < -0.4 is 14.8 Å². The molecule has 1 aromatic heterocycles. The largest absolute Gasteiger partial charge is 0.497 e. The van der Waals surface area contributed by atoms with Crippen molar-refractivity contribution in [2.24, 2.45) is 0 Å². The molecule has 0 aliphatic rings. The van der Waals surface area contributed by atoms with E-state index in [0.29, 0.717) is 18.3 Å². The van der Waals surface area contributed by atoms with E-state index in [4.69, 9.17) is 13.9 Å². The van der Waals surface area contributed by atoms with Crippen molar-refractivity contribution < 1.29 is 13.9 Å². The van der Waals surface area contributed by atoms with Gasteiger partial charge in [-0.3, -0.25) is 0 Å². The van der Waals surface area contributed by atoms with Gasteiger partial charge in [0.1, 0.15) is 17.6 Å². The van der Waals surface area contributed by atoms with Gasteiger partial charge in [0.15, 0.2) is 6.61 Å².